The van der Waals surface area contributed by atoms with Crippen LogP contribution in [0.15, 0.2) is 8.96 Å². The molecule has 0 aliphatic heterocycles. The Morgan fingerprint density at radius 1 is 0.938 bits per heavy atom. The minimum atomic E-state index is -0.886. The van der Waals surface area contributed by atoms with Crippen LogP contribution in [0.2, 0.25) is 0 Å². The van der Waals surface area contributed by atoms with E-state index in [9.17, 15) is 14.4 Å². The number of esters is 3. The summed E-state index contributed by atoms with van der Waals surface area (Å²) in [6, 6.07) is 0. The molecular weight excluding hydrogens is 352 g/mol. The van der Waals surface area contributed by atoms with Crippen LogP contribution in [-0.4, -0.2) is 38.7 Å². The van der Waals surface area contributed by atoms with E-state index in [0.29, 0.717) is 0 Å². The zero-order chi connectivity index (χ0) is 12.7. The third-order valence-corrected chi connectivity index (χ3v) is 3.26. The van der Waals surface area contributed by atoms with E-state index in [1.165, 1.54) is 0 Å². The highest BCUT2D eigenvalue weighted by Gasteiger charge is 2.19. The number of halogens is 2. The summed E-state index contributed by atoms with van der Waals surface area (Å²) >= 11 is 5.66. The summed E-state index contributed by atoms with van der Waals surface area (Å²) in [4.78, 5) is 32.9. The summed E-state index contributed by atoms with van der Waals surface area (Å²) in [6.07, 6.45) is 0. The van der Waals surface area contributed by atoms with Crippen LogP contribution in [0.25, 0.3) is 0 Å². The van der Waals surface area contributed by atoms with Crippen LogP contribution in [0.3, 0.4) is 0 Å². The molecule has 0 radical (unpaired) electrons. The highest BCUT2D eigenvalue weighted by Crippen LogP contribution is 2.20. The molecule has 0 aliphatic carbocycles. The van der Waals surface area contributed by atoms with E-state index >= 15 is 0 Å². The van der Waals surface area contributed by atoms with Gasteiger partial charge in [0.2, 0.25) is 0 Å². The molecule has 0 atom stereocenters. The van der Waals surface area contributed by atoms with E-state index in [4.69, 9.17) is 0 Å². The number of hydrogen-bond acceptors (Lipinski definition) is 6. The van der Waals surface area contributed by atoms with Gasteiger partial charge in [0.05, 0.1) is 14.2 Å². The van der Waals surface area contributed by atoms with E-state index in [1.807, 2.05) is 0 Å². The number of methoxy groups -OCH3 is 2. The van der Waals surface area contributed by atoms with E-state index in [2.05, 4.69) is 46.1 Å². The van der Waals surface area contributed by atoms with Gasteiger partial charge in [0, 0.05) is 0 Å². The van der Waals surface area contributed by atoms with Crippen molar-refractivity contribution in [2.75, 3.05) is 20.8 Å². The Kier molecular flexibility index (Phi) is 6.98. The molecule has 0 aromatic rings. The maximum absolute atomic E-state index is 11.3. The van der Waals surface area contributed by atoms with Gasteiger partial charge in [-0.05, 0) is 31.9 Å². The number of rotatable bonds is 4. The zero-order valence-corrected chi connectivity index (χ0v) is 11.6. The largest absolute Gasteiger partial charge is 0.466 e. The number of hydrogen-bond donors (Lipinski definition) is 0. The van der Waals surface area contributed by atoms with Gasteiger partial charge in [-0.25, -0.2) is 14.4 Å². The molecular formula is C8H8Br2O6. The highest BCUT2D eigenvalue weighted by atomic mass is 79.9. The second-order valence-electron chi connectivity index (χ2n) is 2.27. The molecule has 6 nitrogen and oxygen atoms in total. The standard InChI is InChI=1S/C8H8Br2O6/c1-14-4(11)3-16-8(13)6(10)5(9)7(12)15-2/h3H2,1-2H3/b6-5+. The van der Waals surface area contributed by atoms with Crippen LogP contribution in [0.4, 0.5) is 0 Å². The molecule has 0 unspecified atom stereocenters. The van der Waals surface area contributed by atoms with Crippen molar-refractivity contribution in [1.82, 2.24) is 0 Å². The van der Waals surface area contributed by atoms with Crippen molar-refractivity contribution in [3.63, 3.8) is 0 Å². The predicted molar refractivity (Wildman–Crippen MR) is 59.9 cm³/mol. The van der Waals surface area contributed by atoms with E-state index < -0.39 is 24.5 Å². The predicted octanol–water partition coefficient (Wildman–Crippen LogP) is 0.877. The highest BCUT2D eigenvalue weighted by molar-refractivity contribution is 9.14. The number of carbonyl (C=O) groups is 3. The van der Waals surface area contributed by atoms with Crippen molar-refractivity contribution in [3.05, 3.63) is 8.96 Å². The molecule has 0 aromatic carbocycles. The third-order valence-electron chi connectivity index (χ3n) is 1.29. The second-order valence-corrected chi connectivity index (χ2v) is 3.86. The molecule has 0 spiro atoms. The number of carbonyl (C=O) groups excluding carboxylic acids is 3. The third kappa shape index (κ3) is 4.75. The second kappa shape index (κ2) is 7.39. The van der Waals surface area contributed by atoms with Crippen LogP contribution >= 0.6 is 31.9 Å². The molecule has 0 aliphatic rings. The van der Waals surface area contributed by atoms with Crippen molar-refractivity contribution in [2.24, 2.45) is 0 Å². The molecule has 0 heterocycles. The molecule has 0 fully saturated rings. The molecule has 0 rings (SSSR count). The summed E-state index contributed by atoms with van der Waals surface area (Å²) in [5.41, 5.74) is 0. The smallest absolute Gasteiger partial charge is 0.347 e. The lowest BCUT2D eigenvalue weighted by atomic mass is 10.5. The normalized spacial score (nSPS) is 11.2. The first-order chi connectivity index (χ1) is 7.43. The molecule has 0 amide bonds. The lowest BCUT2D eigenvalue weighted by Crippen LogP contribution is -2.16. The van der Waals surface area contributed by atoms with Gasteiger partial charge >= 0.3 is 17.9 Å². The average molecular weight is 360 g/mol. The van der Waals surface area contributed by atoms with Gasteiger partial charge in [0.15, 0.2) is 6.61 Å². The fraction of sp³-hybridized carbons (Fsp3) is 0.375. The van der Waals surface area contributed by atoms with Crippen molar-refractivity contribution < 1.29 is 28.6 Å². The molecule has 0 aromatic heterocycles. The van der Waals surface area contributed by atoms with Crippen molar-refractivity contribution in [1.29, 1.82) is 0 Å². The summed E-state index contributed by atoms with van der Waals surface area (Å²) in [5, 5.41) is 0. The molecule has 90 valence electrons. The SMILES string of the molecule is COC(=O)COC(=O)/C(Br)=C(\Br)C(=O)OC. The van der Waals surface area contributed by atoms with Gasteiger partial charge in [-0.2, -0.15) is 0 Å². The van der Waals surface area contributed by atoms with E-state index in [1.54, 1.807) is 0 Å². The van der Waals surface area contributed by atoms with Gasteiger partial charge in [-0.1, -0.05) is 0 Å². The van der Waals surface area contributed by atoms with Crippen LogP contribution in [0, 0.1) is 0 Å². The van der Waals surface area contributed by atoms with Gasteiger partial charge < -0.3 is 14.2 Å². The van der Waals surface area contributed by atoms with E-state index in [-0.39, 0.29) is 8.96 Å². The van der Waals surface area contributed by atoms with Crippen LogP contribution < -0.4 is 0 Å². The summed E-state index contributed by atoms with van der Waals surface area (Å²) in [5.74, 6) is -2.34. The average Bonchev–Trinajstić information content (AvgIpc) is 2.32. The molecule has 8 heteroatoms. The Morgan fingerprint density at radius 3 is 1.88 bits per heavy atom. The minimum absolute atomic E-state index is 0.134. The van der Waals surface area contributed by atoms with Crippen molar-refractivity contribution in [2.45, 2.75) is 0 Å². The topological polar surface area (TPSA) is 78.9 Å². The molecule has 16 heavy (non-hydrogen) atoms. The summed E-state index contributed by atoms with van der Waals surface area (Å²) in [6.45, 7) is -0.536. The maximum Gasteiger partial charge on any atom is 0.347 e. The van der Waals surface area contributed by atoms with Gasteiger partial charge in [-0.3, -0.25) is 0 Å². The minimum Gasteiger partial charge on any atom is -0.466 e. The Morgan fingerprint density at radius 2 is 1.44 bits per heavy atom. The number of ether oxygens (including phenoxy) is 3. The quantitative estimate of drug-likeness (QED) is 0.421. The molecule has 0 saturated carbocycles. The first kappa shape index (κ1) is 15.1. The molecule has 0 saturated heterocycles. The van der Waals surface area contributed by atoms with Gasteiger partial charge in [0.25, 0.3) is 0 Å². The molecule has 0 bridgehead atoms. The Hall–Kier alpha value is -0.890. The Bertz CT molecular complexity index is 335. The van der Waals surface area contributed by atoms with Crippen LogP contribution in [-0.2, 0) is 28.6 Å². The summed E-state index contributed by atoms with van der Waals surface area (Å²) < 4.78 is 12.8. The van der Waals surface area contributed by atoms with Crippen molar-refractivity contribution >= 4 is 49.8 Å². The van der Waals surface area contributed by atoms with Gasteiger partial charge in [-0.15, -0.1) is 0 Å². The fourth-order valence-electron chi connectivity index (χ4n) is 0.516. The Labute approximate surface area is 108 Å². The Balaban J connectivity index is 4.49. The first-order valence-corrected chi connectivity index (χ1v) is 5.40. The van der Waals surface area contributed by atoms with Crippen LogP contribution in [0.5, 0.6) is 0 Å². The van der Waals surface area contributed by atoms with Crippen molar-refractivity contribution in [3.8, 4) is 0 Å². The lowest BCUT2D eigenvalue weighted by molar-refractivity contribution is -0.154. The molecule has 0 N–H and O–H groups in total. The van der Waals surface area contributed by atoms with Gasteiger partial charge in [0.1, 0.15) is 8.96 Å². The summed E-state index contributed by atoms with van der Waals surface area (Å²) in [7, 11) is 2.31. The van der Waals surface area contributed by atoms with E-state index in [0.717, 1.165) is 14.2 Å². The first-order valence-electron chi connectivity index (χ1n) is 3.81. The maximum atomic E-state index is 11.3. The fourth-order valence-corrected chi connectivity index (χ4v) is 1.12. The van der Waals surface area contributed by atoms with Crippen LogP contribution in [0.1, 0.15) is 0 Å². The zero-order valence-electron chi connectivity index (χ0n) is 8.41. The monoisotopic (exact) mass is 358 g/mol. The lowest BCUT2D eigenvalue weighted by Gasteiger charge is -2.04.